The largest absolute Gasteiger partial charge is 0.341 e. The van der Waals surface area contributed by atoms with Gasteiger partial charge in [0.1, 0.15) is 0 Å². The number of benzene rings is 1. The van der Waals surface area contributed by atoms with Gasteiger partial charge in [-0.2, -0.15) is 0 Å². The SMILES string of the molecule is CNC(=O)NC(=O)[C@@H](C)Sc1nccn1-c1cccc(Cl)c1. The molecule has 0 aliphatic heterocycles. The highest BCUT2D eigenvalue weighted by Gasteiger charge is 2.19. The molecular formula is C14H15ClN4O2S. The highest BCUT2D eigenvalue weighted by Crippen LogP contribution is 2.25. The Morgan fingerprint density at radius 1 is 1.41 bits per heavy atom. The second kappa shape index (κ2) is 7.33. The molecule has 2 aromatic rings. The zero-order valence-corrected chi connectivity index (χ0v) is 13.6. The lowest BCUT2D eigenvalue weighted by molar-refractivity contribution is -0.119. The predicted octanol–water partition coefficient (Wildman–Crippen LogP) is 2.46. The fourth-order valence-electron chi connectivity index (χ4n) is 1.69. The van der Waals surface area contributed by atoms with Crippen LogP contribution in [0, 0.1) is 0 Å². The van der Waals surface area contributed by atoms with Gasteiger partial charge in [0.2, 0.25) is 5.91 Å². The van der Waals surface area contributed by atoms with Crippen molar-refractivity contribution in [2.24, 2.45) is 0 Å². The number of halogens is 1. The van der Waals surface area contributed by atoms with Gasteiger partial charge in [-0.05, 0) is 25.1 Å². The molecule has 0 aliphatic carbocycles. The standard InChI is InChI=1S/C14H15ClN4O2S/c1-9(12(20)18-13(21)16-2)22-14-17-6-7-19(14)11-5-3-4-10(15)8-11/h3-9H,1-2H3,(H2,16,18,20,21)/t9-/m1/s1. The van der Waals surface area contributed by atoms with Crippen molar-refractivity contribution in [3.05, 3.63) is 41.7 Å². The number of nitrogens with zero attached hydrogens (tertiary/aromatic N) is 2. The van der Waals surface area contributed by atoms with Gasteiger partial charge in [-0.25, -0.2) is 9.78 Å². The molecule has 22 heavy (non-hydrogen) atoms. The van der Waals surface area contributed by atoms with E-state index in [1.165, 1.54) is 18.8 Å². The van der Waals surface area contributed by atoms with Crippen molar-refractivity contribution in [3.8, 4) is 5.69 Å². The zero-order valence-electron chi connectivity index (χ0n) is 12.0. The highest BCUT2D eigenvalue weighted by atomic mass is 35.5. The zero-order chi connectivity index (χ0) is 16.1. The summed E-state index contributed by atoms with van der Waals surface area (Å²) in [7, 11) is 1.45. The first-order valence-electron chi connectivity index (χ1n) is 6.50. The topological polar surface area (TPSA) is 76.0 Å². The van der Waals surface area contributed by atoms with Crippen LogP contribution in [0.25, 0.3) is 5.69 Å². The van der Waals surface area contributed by atoms with Gasteiger partial charge in [-0.3, -0.25) is 14.7 Å². The molecule has 8 heteroatoms. The molecule has 0 saturated heterocycles. The number of carbonyl (C=O) groups is 2. The first kappa shape index (κ1) is 16.4. The van der Waals surface area contributed by atoms with E-state index < -0.39 is 11.3 Å². The van der Waals surface area contributed by atoms with Crippen molar-refractivity contribution in [1.82, 2.24) is 20.2 Å². The first-order chi connectivity index (χ1) is 10.5. The van der Waals surface area contributed by atoms with Crippen LogP contribution in [0.5, 0.6) is 0 Å². The number of hydrogen-bond donors (Lipinski definition) is 2. The van der Waals surface area contributed by atoms with Gasteiger partial charge in [0, 0.05) is 30.2 Å². The number of urea groups is 1. The van der Waals surface area contributed by atoms with E-state index >= 15 is 0 Å². The third kappa shape index (κ3) is 4.02. The Hall–Kier alpha value is -1.99. The van der Waals surface area contributed by atoms with Crippen LogP contribution in [0.3, 0.4) is 0 Å². The Labute approximate surface area is 137 Å². The molecule has 0 radical (unpaired) electrons. The maximum atomic E-state index is 11.9. The molecule has 0 bridgehead atoms. The Balaban J connectivity index is 2.13. The van der Waals surface area contributed by atoms with Gasteiger partial charge < -0.3 is 5.32 Å². The molecule has 1 aromatic heterocycles. The van der Waals surface area contributed by atoms with Crippen molar-refractivity contribution in [2.45, 2.75) is 17.3 Å². The number of amides is 3. The van der Waals surface area contributed by atoms with E-state index in [4.69, 9.17) is 11.6 Å². The second-order valence-corrected chi connectivity index (χ2v) is 6.13. The molecule has 2 N–H and O–H groups in total. The van der Waals surface area contributed by atoms with Gasteiger partial charge in [-0.15, -0.1) is 0 Å². The molecule has 0 unspecified atom stereocenters. The number of nitrogens with one attached hydrogen (secondary N) is 2. The fourth-order valence-corrected chi connectivity index (χ4v) is 2.76. The van der Waals surface area contributed by atoms with Gasteiger partial charge in [-0.1, -0.05) is 29.4 Å². The Morgan fingerprint density at radius 2 is 2.18 bits per heavy atom. The van der Waals surface area contributed by atoms with Crippen molar-refractivity contribution in [3.63, 3.8) is 0 Å². The molecule has 3 amide bonds. The van der Waals surface area contributed by atoms with Crippen molar-refractivity contribution in [2.75, 3.05) is 7.05 Å². The minimum absolute atomic E-state index is 0.384. The monoisotopic (exact) mass is 338 g/mol. The van der Waals surface area contributed by atoms with Crippen molar-refractivity contribution in [1.29, 1.82) is 0 Å². The van der Waals surface area contributed by atoms with Crippen molar-refractivity contribution < 1.29 is 9.59 Å². The summed E-state index contributed by atoms with van der Waals surface area (Å²) >= 11 is 7.25. The lowest BCUT2D eigenvalue weighted by Crippen LogP contribution is -2.41. The molecule has 0 fully saturated rings. The molecule has 1 atom stereocenters. The molecule has 116 valence electrons. The maximum Gasteiger partial charge on any atom is 0.321 e. The molecule has 0 spiro atoms. The van der Waals surface area contributed by atoms with Crippen LogP contribution in [-0.2, 0) is 4.79 Å². The van der Waals surface area contributed by atoms with E-state index in [2.05, 4.69) is 15.6 Å². The van der Waals surface area contributed by atoms with E-state index in [-0.39, 0.29) is 5.91 Å². The van der Waals surface area contributed by atoms with Crippen LogP contribution in [0.4, 0.5) is 4.79 Å². The van der Waals surface area contributed by atoms with E-state index in [0.717, 1.165) is 5.69 Å². The molecular weight excluding hydrogens is 324 g/mol. The van der Waals surface area contributed by atoms with Crippen LogP contribution in [0.2, 0.25) is 5.02 Å². The first-order valence-corrected chi connectivity index (χ1v) is 7.75. The summed E-state index contributed by atoms with van der Waals surface area (Å²) in [5.74, 6) is -0.384. The Morgan fingerprint density at radius 3 is 2.86 bits per heavy atom. The van der Waals surface area contributed by atoms with Crippen LogP contribution >= 0.6 is 23.4 Å². The summed E-state index contributed by atoms with van der Waals surface area (Å²) < 4.78 is 1.83. The average Bonchev–Trinajstić information content (AvgIpc) is 2.95. The quantitative estimate of drug-likeness (QED) is 0.840. The minimum Gasteiger partial charge on any atom is -0.341 e. The van der Waals surface area contributed by atoms with Gasteiger partial charge in [0.05, 0.1) is 5.25 Å². The summed E-state index contributed by atoms with van der Waals surface area (Å²) in [6.07, 6.45) is 3.43. The second-order valence-electron chi connectivity index (χ2n) is 4.39. The van der Waals surface area contributed by atoms with Crippen LogP contribution < -0.4 is 10.6 Å². The Kier molecular flexibility index (Phi) is 5.46. The smallest absolute Gasteiger partial charge is 0.321 e. The molecule has 0 saturated carbocycles. The third-order valence-electron chi connectivity index (χ3n) is 2.81. The number of imide groups is 1. The summed E-state index contributed by atoms with van der Waals surface area (Å²) in [5.41, 5.74) is 0.853. The minimum atomic E-state index is -0.532. The average molecular weight is 339 g/mol. The van der Waals surface area contributed by atoms with Crippen LogP contribution in [0.15, 0.2) is 41.8 Å². The normalized spacial score (nSPS) is 11.8. The summed E-state index contributed by atoms with van der Waals surface area (Å²) in [5, 5.41) is 5.36. The van der Waals surface area contributed by atoms with Crippen LogP contribution in [-0.4, -0.2) is 33.8 Å². The summed E-state index contributed by atoms with van der Waals surface area (Å²) in [6, 6.07) is 6.80. The summed E-state index contributed by atoms with van der Waals surface area (Å²) in [4.78, 5) is 27.3. The predicted molar refractivity (Wildman–Crippen MR) is 86.5 cm³/mol. The van der Waals surface area contributed by atoms with E-state index in [0.29, 0.717) is 10.2 Å². The molecule has 0 aliphatic rings. The number of aromatic nitrogens is 2. The molecule has 1 heterocycles. The van der Waals surface area contributed by atoms with Crippen molar-refractivity contribution >= 4 is 35.3 Å². The van der Waals surface area contributed by atoms with E-state index in [1.54, 1.807) is 25.4 Å². The van der Waals surface area contributed by atoms with Gasteiger partial charge >= 0.3 is 6.03 Å². The number of rotatable bonds is 4. The molecule has 6 nitrogen and oxygen atoms in total. The number of imidazole rings is 1. The fraction of sp³-hybridized carbons (Fsp3) is 0.214. The van der Waals surface area contributed by atoms with E-state index in [9.17, 15) is 9.59 Å². The molecule has 1 aromatic carbocycles. The summed E-state index contributed by atoms with van der Waals surface area (Å²) in [6.45, 7) is 1.71. The highest BCUT2D eigenvalue weighted by molar-refractivity contribution is 8.00. The number of carbonyl (C=O) groups excluding carboxylic acids is 2. The molecule has 2 rings (SSSR count). The lowest BCUT2D eigenvalue weighted by Gasteiger charge is -2.12. The Bertz CT molecular complexity index is 689. The number of hydrogen-bond acceptors (Lipinski definition) is 4. The third-order valence-corrected chi connectivity index (χ3v) is 4.12. The number of thioether (sulfide) groups is 1. The van der Waals surface area contributed by atoms with Gasteiger partial charge in [0.15, 0.2) is 5.16 Å². The van der Waals surface area contributed by atoms with Gasteiger partial charge in [0.25, 0.3) is 0 Å². The maximum absolute atomic E-state index is 11.9. The van der Waals surface area contributed by atoms with Crippen LogP contribution in [0.1, 0.15) is 6.92 Å². The lowest BCUT2D eigenvalue weighted by atomic mass is 10.3. The van der Waals surface area contributed by atoms with E-state index in [1.807, 2.05) is 22.8 Å².